The number of nitrogens with zero attached hydrogens (tertiary/aromatic N) is 2. The van der Waals surface area contributed by atoms with Gasteiger partial charge in [-0.2, -0.15) is 4.98 Å². The smallest absolute Gasteiger partial charge is 0.252 e. The van der Waals surface area contributed by atoms with Crippen molar-refractivity contribution in [2.75, 3.05) is 0 Å². The molecule has 1 aromatic carbocycles. The number of aromatic nitrogens is 3. The lowest BCUT2D eigenvalue weighted by molar-refractivity contribution is 0.365. The van der Waals surface area contributed by atoms with E-state index in [2.05, 4.69) is 15.1 Å². The molecule has 0 saturated heterocycles. The lowest BCUT2D eigenvalue weighted by Crippen LogP contribution is -2.15. The van der Waals surface area contributed by atoms with Crippen molar-refractivity contribution in [3.8, 4) is 0 Å². The van der Waals surface area contributed by atoms with Gasteiger partial charge in [0.15, 0.2) is 5.82 Å². The molecular formula is C14H14N4O2. The number of fused-ring (bicyclic) bond motifs is 1. The van der Waals surface area contributed by atoms with Gasteiger partial charge in [-0.3, -0.25) is 4.79 Å². The van der Waals surface area contributed by atoms with E-state index < -0.39 is 0 Å². The van der Waals surface area contributed by atoms with E-state index in [0.717, 1.165) is 10.9 Å². The van der Waals surface area contributed by atoms with Gasteiger partial charge in [0.25, 0.3) is 5.56 Å². The van der Waals surface area contributed by atoms with E-state index in [-0.39, 0.29) is 18.0 Å². The van der Waals surface area contributed by atoms with Crippen LogP contribution in [0.15, 0.2) is 39.6 Å². The second kappa shape index (κ2) is 4.90. The first-order valence-electron chi connectivity index (χ1n) is 6.33. The summed E-state index contributed by atoms with van der Waals surface area (Å²) < 4.78 is 5.14. The van der Waals surface area contributed by atoms with Gasteiger partial charge in [-0.25, -0.2) is 0 Å². The average Bonchev–Trinajstić information content (AvgIpc) is 2.94. The summed E-state index contributed by atoms with van der Waals surface area (Å²) in [6, 6.07) is 9.47. The lowest BCUT2D eigenvalue weighted by atomic mass is 10.0. The Morgan fingerprint density at radius 2 is 2.20 bits per heavy atom. The highest BCUT2D eigenvalue weighted by atomic mass is 16.5. The molecule has 1 unspecified atom stereocenters. The molecule has 0 bridgehead atoms. The van der Waals surface area contributed by atoms with E-state index in [1.54, 1.807) is 0 Å². The quantitative estimate of drug-likeness (QED) is 0.752. The molecule has 0 amide bonds. The standard InChI is InChI=1S/C14H14N4O2/c1-8(14-17-12(7-15)18-20-14)10-6-9-4-2-3-5-11(9)16-13(10)19/h2-6,8H,7,15H2,1H3,(H,16,19). The van der Waals surface area contributed by atoms with Gasteiger partial charge in [0.05, 0.1) is 12.5 Å². The van der Waals surface area contributed by atoms with Gasteiger partial charge in [-0.15, -0.1) is 0 Å². The summed E-state index contributed by atoms with van der Waals surface area (Å²) in [6.07, 6.45) is 0. The molecule has 102 valence electrons. The largest absolute Gasteiger partial charge is 0.339 e. The highest BCUT2D eigenvalue weighted by Crippen LogP contribution is 2.22. The minimum Gasteiger partial charge on any atom is -0.339 e. The topological polar surface area (TPSA) is 97.8 Å². The van der Waals surface area contributed by atoms with Gasteiger partial charge < -0.3 is 15.2 Å². The number of hydrogen-bond donors (Lipinski definition) is 2. The minimum absolute atomic E-state index is 0.149. The Hall–Kier alpha value is -2.47. The van der Waals surface area contributed by atoms with Gasteiger partial charge in [-0.1, -0.05) is 23.4 Å². The number of hydrogen-bond acceptors (Lipinski definition) is 5. The van der Waals surface area contributed by atoms with Gasteiger partial charge in [0.2, 0.25) is 5.89 Å². The van der Waals surface area contributed by atoms with E-state index in [1.807, 2.05) is 37.3 Å². The first-order valence-corrected chi connectivity index (χ1v) is 6.33. The fraction of sp³-hybridized carbons (Fsp3) is 0.214. The maximum Gasteiger partial charge on any atom is 0.252 e. The summed E-state index contributed by atoms with van der Waals surface area (Å²) in [5.74, 6) is 0.548. The van der Waals surface area contributed by atoms with E-state index in [9.17, 15) is 4.79 Å². The zero-order chi connectivity index (χ0) is 14.1. The molecule has 3 aromatic rings. The molecule has 0 saturated carbocycles. The predicted molar refractivity (Wildman–Crippen MR) is 74.3 cm³/mol. The molecule has 2 heterocycles. The Morgan fingerprint density at radius 3 is 2.95 bits per heavy atom. The van der Waals surface area contributed by atoms with Crippen molar-refractivity contribution < 1.29 is 4.52 Å². The Bertz CT molecular complexity index is 806. The van der Waals surface area contributed by atoms with Crippen LogP contribution in [0.2, 0.25) is 0 Å². The summed E-state index contributed by atoms with van der Waals surface area (Å²) in [5.41, 5.74) is 6.70. The summed E-state index contributed by atoms with van der Waals surface area (Å²) in [5, 5.41) is 4.72. The molecule has 0 spiro atoms. The molecule has 1 atom stereocenters. The van der Waals surface area contributed by atoms with E-state index in [4.69, 9.17) is 10.3 Å². The first kappa shape index (κ1) is 12.6. The highest BCUT2D eigenvalue weighted by Gasteiger charge is 2.19. The molecule has 6 heteroatoms. The second-order valence-electron chi connectivity index (χ2n) is 4.62. The SMILES string of the molecule is CC(c1nc(CN)no1)c1cc2ccccc2[nH]c1=O. The maximum absolute atomic E-state index is 12.2. The van der Waals surface area contributed by atoms with E-state index >= 15 is 0 Å². The number of aromatic amines is 1. The average molecular weight is 270 g/mol. The fourth-order valence-corrected chi connectivity index (χ4v) is 2.15. The lowest BCUT2D eigenvalue weighted by Gasteiger charge is -2.07. The van der Waals surface area contributed by atoms with Crippen molar-refractivity contribution in [2.45, 2.75) is 19.4 Å². The van der Waals surface area contributed by atoms with Crippen LogP contribution in [0.1, 0.15) is 30.1 Å². The Kier molecular flexibility index (Phi) is 3.08. The van der Waals surface area contributed by atoms with Crippen LogP contribution in [0.4, 0.5) is 0 Å². The first-order chi connectivity index (χ1) is 9.69. The molecule has 0 radical (unpaired) electrons. The molecule has 3 N–H and O–H groups in total. The maximum atomic E-state index is 12.2. The number of nitrogens with two attached hydrogens (primary N) is 1. The number of nitrogens with one attached hydrogen (secondary N) is 1. The number of rotatable bonds is 3. The summed E-state index contributed by atoms with van der Waals surface area (Å²) in [6.45, 7) is 2.07. The van der Waals surface area contributed by atoms with Gasteiger partial charge >= 0.3 is 0 Å². The van der Waals surface area contributed by atoms with E-state index in [0.29, 0.717) is 17.3 Å². The summed E-state index contributed by atoms with van der Waals surface area (Å²) >= 11 is 0. The van der Waals surface area contributed by atoms with Crippen molar-refractivity contribution in [3.63, 3.8) is 0 Å². The summed E-state index contributed by atoms with van der Waals surface area (Å²) in [4.78, 5) is 19.2. The molecule has 0 aliphatic rings. The molecule has 3 rings (SSSR count). The van der Waals surface area contributed by atoms with Crippen LogP contribution in [0.25, 0.3) is 10.9 Å². The molecule has 0 fully saturated rings. The minimum atomic E-state index is -0.281. The Morgan fingerprint density at radius 1 is 1.40 bits per heavy atom. The zero-order valence-electron chi connectivity index (χ0n) is 11.0. The van der Waals surface area contributed by atoms with Crippen LogP contribution in [0.5, 0.6) is 0 Å². The van der Waals surface area contributed by atoms with Gasteiger partial charge in [0, 0.05) is 11.1 Å². The zero-order valence-corrected chi connectivity index (χ0v) is 11.0. The van der Waals surface area contributed by atoms with Gasteiger partial charge in [0.1, 0.15) is 0 Å². The Labute approximate surface area is 114 Å². The normalized spacial score (nSPS) is 12.7. The molecule has 6 nitrogen and oxygen atoms in total. The van der Waals surface area contributed by atoms with E-state index in [1.165, 1.54) is 0 Å². The molecular weight excluding hydrogens is 256 g/mol. The third-order valence-electron chi connectivity index (χ3n) is 3.29. The van der Waals surface area contributed by atoms with Crippen molar-refractivity contribution in [3.05, 3.63) is 58.0 Å². The molecule has 2 aromatic heterocycles. The van der Waals surface area contributed by atoms with Crippen molar-refractivity contribution in [2.24, 2.45) is 5.73 Å². The van der Waals surface area contributed by atoms with Gasteiger partial charge in [-0.05, 0) is 24.4 Å². The third-order valence-corrected chi connectivity index (χ3v) is 3.29. The van der Waals surface area contributed by atoms with Crippen LogP contribution in [0, 0.1) is 0 Å². The van der Waals surface area contributed by atoms with Crippen LogP contribution in [0.3, 0.4) is 0 Å². The number of benzene rings is 1. The Balaban J connectivity index is 2.08. The highest BCUT2D eigenvalue weighted by molar-refractivity contribution is 5.78. The second-order valence-corrected chi connectivity index (χ2v) is 4.62. The summed E-state index contributed by atoms with van der Waals surface area (Å²) in [7, 11) is 0. The molecule has 0 aliphatic heterocycles. The molecule has 0 aliphatic carbocycles. The van der Waals surface area contributed by atoms with Crippen LogP contribution in [-0.4, -0.2) is 15.1 Å². The van der Waals surface area contributed by atoms with Crippen LogP contribution >= 0.6 is 0 Å². The van der Waals surface area contributed by atoms with Crippen molar-refractivity contribution in [1.82, 2.24) is 15.1 Å². The monoisotopic (exact) mass is 270 g/mol. The number of H-pyrrole nitrogens is 1. The van der Waals surface area contributed by atoms with Crippen molar-refractivity contribution >= 4 is 10.9 Å². The van der Waals surface area contributed by atoms with Crippen molar-refractivity contribution in [1.29, 1.82) is 0 Å². The number of para-hydroxylation sites is 1. The van der Waals surface area contributed by atoms with Crippen LogP contribution in [-0.2, 0) is 6.54 Å². The molecule has 20 heavy (non-hydrogen) atoms. The predicted octanol–water partition coefficient (Wildman–Crippen LogP) is 1.52. The number of pyridine rings is 1. The van der Waals surface area contributed by atoms with Crippen LogP contribution < -0.4 is 11.3 Å². The third kappa shape index (κ3) is 2.10. The fourth-order valence-electron chi connectivity index (χ4n) is 2.15.